The fourth-order valence-corrected chi connectivity index (χ4v) is 4.93. The fourth-order valence-electron chi connectivity index (χ4n) is 4.93. The van der Waals surface area contributed by atoms with Crippen LogP contribution < -0.4 is 5.56 Å². The second-order valence-corrected chi connectivity index (χ2v) is 8.70. The largest absolute Gasteiger partial charge is 0.396 e. The molecule has 0 unspecified atom stereocenters. The first-order valence-corrected chi connectivity index (χ1v) is 10.2. The van der Waals surface area contributed by atoms with Gasteiger partial charge in [0, 0.05) is 50.5 Å². The van der Waals surface area contributed by atoms with Gasteiger partial charge in [-0.2, -0.15) is 0 Å². The average Bonchev–Trinajstić information content (AvgIpc) is 2.62. The monoisotopic (exact) mass is 366 g/mol. The SMILES string of the molecule is CC(C)CN1C[C@@H]2C[C@H](C1)c1cc(-c3cccc(CCO)c3)cc(=O)n1C2. The Balaban J connectivity index is 1.68. The van der Waals surface area contributed by atoms with E-state index in [-0.39, 0.29) is 12.2 Å². The molecule has 2 atom stereocenters. The second kappa shape index (κ2) is 7.61. The van der Waals surface area contributed by atoms with Crippen LogP contribution in [0.3, 0.4) is 0 Å². The van der Waals surface area contributed by atoms with E-state index >= 15 is 0 Å². The number of likely N-dealkylation sites (tertiary alicyclic amines) is 1. The van der Waals surface area contributed by atoms with Crippen molar-refractivity contribution in [3.63, 3.8) is 0 Å². The maximum atomic E-state index is 12.9. The van der Waals surface area contributed by atoms with Gasteiger partial charge in [0.1, 0.15) is 0 Å². The van der Waals surface area contributed by atoms with E-state index in [1.54, 1.807) is 6.07 Å². The van der Waals surface area contributed by atoms with E-state index in [1.807, 2.05) is 16.7 Å². The van der Waals surface area contributed by atoms with Crippen molar-refractivity contribution in [2.24, 2.45) is 11.8 Å². The van der Waals surface area contributed by atoms with E-state index in [0.29, 0.717) is 24.2 Å². The summed E-state index contributed by atoms with van der Waals surface area (Å²) in [5.41, 5.74) is 4.51. The Hall–Kier alpha value is -1.91. The van der Waals surface area contributed by atoms with Gasteiger partial charge in [-0.15, -0.1) is 0 Å². The van der Waals surface area contributed by atoms with Gasteiger partial charge in [0.05, 0.1) is 0 Å². The number of aliphatic hydroxyl groups is 1. The molecule has 1 aromatic carbocycles. The maximum Gasteiger partial charge on any atom is 0.251 e. The van der Waals surface area contributed by atoms with Crippen molar-refractivity contribution < 1.29 is 5.11 Å². The summed E-state index contributed by atoms with van der Waals surface area (Å²) in [6.45, 7) is 8.87. The molecule has 0 spiro atoms. The van der Waals surface area contributed by atoms with Crippen LogP contribution in [-0.4, -0.2) is 40.8 Å². The van der Waals surface area contributed by atoms with Gasteiger partial charge in [0.2, 0.25) is 0 Å². The van der Waals surface area contributed by atoms with Crippen LogP contribution in [0.1, 0.15) is 37.4 Å². The van der Waals surface area contributed by atoms with Gasteiger partial charge in [-0.3, -0.25) is 4.79 Å². The number of hydrogen-bond donors (Lipinski definition) is 1. The van der Waals surface area contributed by atoms with E-state index in [2.05, 4.69) is 36.9 Å². The van der Waals surface area contributed by atoms with E-state index in [1.165, 1.54) is 12.1 Å². The second-order valence-electron chi connectivity index (χ2n) is 8.70. The Morgan fingerprint density at radius 1 is 1.11 bits per heavy atom. The summed E-state index contributed by atoms with van der Waals surface area (Å²) in [6, 6.07) is 12.2. The molecule has 2 aliphatic rings. The number of pyridine rings is 1. The molecule has 4 nitrogen and oxygen atoms in total. The number of fused-ring (bicyclic) bond motifs is 4. The molecule has 0 radical (unpaired) electrons. The number of hydrogen-bond acceptors (Lipinski definition) is 3. The zero-order valence-electron chi connectivity index (χ0n) is 16.4. The molecule has 2 bridgehead atoms. The van der Waals surface area contributed by atoms with Crippen molar-refractivity contribution in [3.05, 3.63) is 58.0 Å². The van der Waals surface area contributed by atoms with Crippen LogP contribution in [-0.2, 0) is 13.0 Å². The third kappa shape index (κ3) is 3.87. The predicted octanol–water partition coefficient (Wildman–Crippen LogP) is 3.13. The molecule has 2 aromatic rings. The maximum absolute atomic E-state index is 12.9. The molecule has 144 valence electrons. The van der Waals surface area contributed by atoms with Crippen molar-refractivity contribution in [2.75, 3.05) is 26.2 Å². The number of piperidine rings is 1. The van der Waals surface area contributed by atoms with Crippen LogP contribution in [0.2, 0.25) is 0 Å². The Labute approximate surface area is 161 Å². The third-order valence-electron chi connectivity index (χ3n) is 5.92. The zero-order valence-corrected chi connectivity index (χ0v) is 16.4. The number of benzene rings is 1. The van der Waals surface area contributed by atoms with Crippen molar-refractivity contribution in [3.8, 4) is 11.1 Å². The van der Waals surface area contributed by atoms with E-state index in [4.69, 9.17) is 0 Å². The van der Waals surface area contributed by atoms with Gasteiger partial charge >= 0.3 is 0 Å². The van der Waals surface area contributed by atoms with Crippen LogP contribution in [0, 0.1) is 11.8 Å². The molecular formula is C23H30N2O2. The average molecular weight is 367 g/mol. The highest BCUT2D eigenvalue weighted by Gasteiger charge is 2.34. The molecule has 0 amide bonds. The summed E-state index contributed by atoms with van der Waals surface area (Å²) in [5, 5.41) is 9.21. The molecule has 1 N–H and O–H groups in total. The molecule has 1 fully saturated rings. The highest BCUT2D eigenvalue weighted by Crippen LogP contribution is 2.36. The number of aliphatic hydroxyl groups excluding tert-OH is 1. The molecule has 3 heterocycles. The van der Waals surface area contributed by atoms with Crippen LogP contribution in [0.15, 0.2) is 41.2 Å². The topological polar surface area (TPSA) is 45.5 Å². The molecule has 4 heteroatoms. The molecule has 1 saturated heterocycles. The van der Waals surface area contributed by atoms with E-state index < -0.39 is 0 Å². The lowest BCUT2D eigenvalue weighted by Crippen LogP contribution is -2.48. The summed E-state index contributed by atoms with van der Waals surface area (Å²) in [5.74, 6) is 1.71. The summed E-state index contributed by atoms with van der Waals surface area (Å²) in [7, 11) is 0. The first-order chi connectivity index (χ1) is 13.0. The van der Waals surface area contributed by atoms with E-state index in [0.717, 1.165) is 42.9 Å². The smallest absolute Gasteiger partial charge is 0.251 e. The van der Waals surface area contributed by atoms with Gasteiger partial charge in [-0.05, 0) is 47.4 Å². The number of nitrogens with zero attached hydrogens (tertiary/aromatic N) is 2. The molecule has 0 aliphatic carbocycles. The molecule has 2 aliphatic heterocycles. The summed E-state index contributed by atoms with van der Waals surface area (Å²) in [4.78, 5) is 15.5. The van der Waals surface area contributed by atoms with Crippen LogP contribution in [0.25, 0.3) is 11.1 Å². The Kier molecular flexibility index (Phi) is 5.20. The lowest BCUT2D eigenvalue weighted by atomic mass is 9.82. The summed E-state index contributed by atoms with van der Waals surface area (Å²) >= 11 is 0. The Morgan fingerprint density at radius 3 is 2.74 bits per heavy atom. The molecule has 1 aromatic heterocycles. The van der Waals surface area contributed by atoms with Gasteiger partial charge in [-0.1, -0.05) is 38.1 Å². The molecular weight excluding hydrogens is 336 g/mol. The standard InChI is InChI=1S/C23H30N2O2/c1-16(2)12-24-13-18-9-21(15-24)22-10-20(11-23(27)25(22)14-18)19-5-3-4-17(8-19)6-7-26/h3-5,8,10-11,16,18,21,26H,6-7,9,12-15H2,1-2H3/t18-,21+/m0/s1. The molecule has 0 saturated carbocycles. The van der Waals surface area contributed by atoms with Crippen LogP contribution in [0.4, 0.5) is 0 Å². The van der Waals surface area contributed by atoms with Crippen LogP contribution in [0.5, 0.6) is 0 Å². The number of rotatable bonds is 5. The minimum atomic E-state index is 0.127. The first-order valence-electron chi connectivity index (χ1n) is 10.2. The predicted molar refractivity (Wildman–Crippen MR) is 109 cm³/mol. The zero-order chi connectivity index (χ0) is 19.0. The molecule has 4 rings (SSSR count). The first kappa shape index (κ1) is 18.5. The van der Waals surface area contributed by atoms with Crippen molar-refractivity contribution >= 4 is 0 Å². The van der Waals surface area contributed by atoms with Gasteiger partial charge in [-0.25, -0.2) is 0 Å². The minimum Gasteiger partial charge on any atom is -0.396 e. The minimum absolute atomic E-state index is 0.127. The summed E-state index contributed by atoms with van der Waals surface area (Å²) in [6.07, 6.45) is 1.84. The van der Waals surface area contributed by atoms with Gasteiger partial charge in [0.15, 0.2) is 0 Å². The molecule has 27 heavy (non-hydrogen) atoms. The highest BCUT2D eigenvalue weighted by atomic mass is 16.3. The quantitative estimate of drug-likeness (QED) is 0.884. The normalized spacial score (nSPS) is 22.1. The lowest BCUT2D eigenvalue weighted by molar-refractivity contribution is 0.109. The summed E-state index contributed by atoms with van der Waals surface area (Å²) < 4.78 is 2.02. The van der Waals surface area contributed by atoms with E-state index in [9.17, 15) is 9.90 Å². The van der Waals surface area contributed by atoms with Gasteiger partial charge < -0.3 is 14.6 Å². The Bertz CT molecular complexity index is 871. The van der Waals surface area contributed by atoms with Crippen molar-refractivity contribution in [1.29, 1.82) is 0 Å². The van der Waals surface area contributed by atoms with Crippen molar-refractivity contribution in [1.82, 2.24) is 9.47 Å². The lowest BCUT2D eigenvalue weighted by Gasteiger charge is -2.43. The highest BCUT2D eigenvalue weighted by molar-refractivity contribution is 5.64. The number of aromatic nitrogens is 1. The Morgan fingerprint density at radius 2 is 1.96 bits per heavy atom. The fraction of sp³-hybridized carbons (Fsp3) is 0.522. The van der Waals surface area contributed by atoms with Crippen LogP contribution >= 0.6 is 0 Å². The van der Waals surface area contributed by atoms with Gasteiger partial charge in [0.25, 0.3) is 5.56 Å². The van der Waals surface area contributed by atoms with Crippen molar-refractivity contribution in [2.45, 2.75) is 39.2 Å². The third-order valence-corrected chi connectivity index (χ3v) is 5.92.